The molecule has 0 N–H and O–H groups in total. The molecule has 0 radical (unpaired) electrons. The zero-order chi connectivity index (χ0) is 36.6. The van der Waals surface area contributed by atoms with Crippen LogP contribution in [-0.4, -0.2) is 15.0 Å². The second-order valence-electron chi connectivity index (χ2n) is 14.0. The second-order valence-corrected chi connectivity index (χ2v) is 14.0. The summed E-state index contributed by atoms with van der Waals surface area (Å²) in [6.07, 6.45) is 3.68. The highest BCUT2D eigenvalue weighted by atomic mass is 14.9. The summed E-state index contributed by atoms with van der Waals surface area (Å²) >= 11 is 0. The second kappa shape index (κ2) is 13.6. The minimum absolute atomic E-state index is 0.588. The van der Waals surface area contributed by atoms with Crippen LogP contribution in [0.2, 0.25) is 0 Å². The molecule has 3 heteroatoms. The fourth-order valence-corrected chi connectivity index (χ4v) is 8.34. The molecule has 0 unspecified atom stereocenters. The van der Waals surface area contributed by atoms with Crippen molar-refractivity contribution in [2.45, 2.75) is 5.41 Å². The average molecular weight is 702 g/mol. The third-order valence-electron chi connectivity index (χ3n) is 10.9. The van der Waals surface area contributed by atoms with Crippen LogP contribution in [0, 0.1) is 0 Å². The topological polar surface area (TPSA) is 38.7 Å². The summed E-state index contributed by atoms with van der Waals surface area (Å²) in [7, 11) is 0. The molecule has 7 aromatic carbocycles. The molecule has 0 bridgehead atoms. The van der Waals surface area contributed by atoms with E-state index in [0.717, 1.165) is 33.6 Å². The van der Waals surface area contributed by atoms with Gasteiger partial charge in [-0.15, -0.1) is 0 Å². The van der Waals surface area contributed by atoms with Crippen LogP contribution in [0.25, 0.3) is 67.3 Å². The van der Waals surface area contributed by atoms with Gasteiger partial charge >= 0.3 is 0 Å². The number of hydrogen-bond donors (Lipinski definition) is 0. The lowest BCUT2D eigenvalue weighted by Crippen LogP contribution is -2.28. The standard InChI is InChI=1S/C52H35N3/c1-3-13-39(14-4-1)49-35-50(40-15-5-2-6-16-40)55-51(54-49)42-18-12-20-44(34-42)52(47-23-9-7-21-45(47)46-22-8-10-24-48(46)52)43-19-11-17-41(33-43)37-27-25-36(26-28-37)38-29-31-53-32-30-38/h1-35H. The van der Waals surface area contributed by atoms with E-state index in [1.807, 2.05) is 36.7 Å². The van der Waals surface area contributed by atoms with Gasteiger partial charge in [-0.1, -0.05) is 170 Å². The maximum atomic E-state index is 5.22. The van der Waals surface area contributed by atoms with E-state index >= 15 is 0 Å². The molecule has 0 amide bonds. The molecule has 10 rings (SSSR count). The Bertz CT molecular complexity index is 2690. The molecule has 2 aromatic heterocycles. The van der Waals surface area contributed by atoms with Crippen molar-refractivity contribution in [1.82, 2.24) is 15.0 Å². The molecular weight excluding hydrogens is 667 g/mol. The lowest BCUT2D eigenvalue weighted by atomic mass is 9.67. The summed E-state index contributed by atoms with van der Waals surface area (Å²) in [5.41, 5.74) is 16.4. The van der Waals surface area contributed by atoms with Gasteiger partial charge in [-0.2, -0.15) is 0 Å². The van der Waals surface area contributed by atoms with Gasteiger partial charge in [-0.05, 0) is 86.0 Å². The van der Waals surface area contributed by atoms with Crippen LogP contribution in [0.4, 0.5) is 0 Å². The number of rotatable bonds is 7. The number of pyridine rings is 1. The predicted molar refractivity (Wildman–Crippen MR) is 224 cm³/mol. The monoisotopic (exact) mass is 701 g/mol. The lowest BCUT2D eigenvalue weighted by molar-refractivity contribution is 0.769. The zero-order valence-electron chi connectivity index (χ0n) is 30.0. The Labute approximate surface area is 321 Å². The number of nitrogens with zero attached hydrogens (tertiary/aromatic N) is 3. The van der Waals surface area contributed by atoms with Crippen molar-refractivity contribution >= 4 is 0 Å². The summed E-state index contributed by atoms with van der Waals surface area (Å²) in [6.45, 7) is 0. The summed E-state index contributed by atoms with van der Waals surface area (Å²) < 4.78 is 0. The fraction of sp³-hybridized carbons (Fsp3) is 0.0192. The summed E-state index contributed by atoms with van der Waals surface area (Å²) in [4.78, 5) is 14.6. The molecule has 258 valence electrons. The maximum absolute atomic E-state index is 5.22. The van der Waals surface area contributed by atoms with Gasteiger partial charge in [0.25, 0.3) is 0 Å². The van der Waals surface area contributed by atoms with Gasteiger partial charge in [0.15, 0.2) is 5.82 Å². The Morgan fingerprint density at radius 3 is 1.31 bits per heavy atom. The molecule has 55 heavy (non-hydrogen) atoms. The third kappa shape index (κ3) is 5.65. The van der Waals surface area contributed by atoms with E-state index in [1.54, 1.807) is 0 Å². The predicted octanol–water partition coefficient (Wildman–Crippen LogP) is 12.6. The quantitative estimate of drug-likeness (QED) is 0.166. The number of hydrogen-bond acceptors (Lipinski definition) is 3. The average Bonchev–Trinajstić information content (AvgIpc) is 3.58. The molecule has 0 saturated carbocycles. The molecule has 3 nitrogen and oxygen atoms in total. The molecule has 0 atom stereocenters. The van der Waals surface area contributed by atoms with Gasteiger partial charge < -0.3 is 0 Å². The number of benzene rings is 7. The first kappa shape index (κ1) is 32.4. The smallest absolute Gasteiger partial charge is 0.160 e. The molecule has 0 fully saturated rings. The highest BCUT2D eigenvalue weighted by molar-refractivity contribution is 5.87. The van der Waals surface area contributed by atoms with Gasteiger partial charge in [0.05, 0.1) is 16.8 Å². The van der Waals surface area contributed by atoms with Crippen LogP contribution in [-0.2, 0) is 5.41 Å². The van der Waals surface area contributed by atoms with Crippen LogP contribution in [0.1, 0.15) is 22.3 Å². The van der Waals surface area contributed by atoms with E-state index in [1.165, 1.54) is 50.1 Å². The summed E-state index contributed by atoms with van der Waals surface area (Å²) in [5.74, 6) is 0.694. The van der Waals surface area contributed by atoms with Crippen molar-refractivity contribution in [1.29, 1.82) is 0 Å². The van der Waals surface area contributed by atoms with E-state index in [-0.39, 0.29) is 0 Å². The van der Waals surface area contributed by atoms with Gasteiger partial charge in [-0.3, -0.25) is 4.98 Å². The highest BCUT2D eigenvalue weighted by Crippen LogP contribution is 2.56. The molecule has 2 heterocycles. The number of aromatic nitrogens is 3. The van der Waals surface area contributed by atoms with Crippen LogP contribution >= 0.6 is 0 Å². The molecule has 0 saturated heterocycles. The van der Waals surface area contributed by atoms with Gasteiger partial charge in [0.2, 0.25) is 0 Å². The van der Waals surface area contributed by atoms with E-state index < -0.39 is 5.41 Å². The lowest BCUT2D eigenvalue weighted by Gasteiger charge is -2.34. The van der Waals surface area contributed by atoms with Crippen LogP contribution in [0.15, 0.2) is 213 Å². The van der Waals surface area contributed by atoms with E-state index in [2.05, 4.69) is 181 Å². The first-order chi connectivity index (χ1) is 27.3. The Kier molecular flexibility index (Phi) is 8.04. The normalized spacial score (nSPS) is 12.5. The van der Waals surface area contributed by atoms with E-state index in [9.17, 15) is 0 Å². The van der Waals surface area contributed by atoms with Crippen molar-refractivity contribution in [2.24, 2.45) is 0 Å². The minimum Gasteiger partial charge on any atom is -0.265 e. The zero-order valence-corrected chi connectivity index (χ0v) is 30.0. The molecular formula is C52H35N3. The molecule has 0 spiro atoms. The minimum atomic E-state index is -0.588. The largest absolute Gasteiger partial charge is 0.265 e. The number of fused-ring (bicyclic) bond motifs is 3. The summed E-state index contributed by atoms with van der Waals surface area (Å²) in [5, 5.41) is 0. The van der Waals surface area contributed by atoms with Crippen molar-refractivity contribution in [3.8, 4) is 67.3 Å². The van der Waals surface area contributed by atoms with E-state index in [4.69, 9.17) is 9.97 Å². The fourth-order valence-electron chi connectivity index (χ4n) is 8.34. The van der Waals surface area contributed by atoms with Crippen molar-refractivity contribution in [3.63, 3.8) is 0 Å². The van der Waals surface area contributed by atoms with Crippen LogP contribution in [0.3, 0.4) is 0 Å². The first-order valence-electron chi connectivity index (χ1n) is 18.7. The third-order valence-corrected chi connectivity index (χ3v) is 10.9. The van der Waals surface area contributed by atoms with Crippen LogP contribution < -0.4 is 0 Å². The van der Waals surface area contributed by atoms with E-state index in [0.29, 0.717) is 5.82 Å². The van der Waals surface area contributed by atoms with Gasteiger partial charge in [-0.25, -0.2) is 9.97 Å². The Morgan fingerprint density at radius 2 is 0.745 bits per heavy atom. The molecule has 1 aliphatic carbocycles. The van der Waals surface area contributed by atoms with Gasteiger partial charge in [0, 0.05) is 29.1 Å². The molecule has 1 aliphatic rings. The highest BCUT2D eigenvalue weighted by Gasteiger charge is 2.46. The summed E-state index contributed by atoms with van der Waals surface area (Å²) in [6, 6.07) is 71.5. The van der Waals surface area contributed by atoms with Crippen molar-refractivity contribution in [2.75, 3.05) is 0 Å². The van der Waals surface area contributed by atoms with Crippen molar-refractivity contribution in [3.05, 3.63) is 235 Å². The SMILES string of the molecule is c1ccc(-c2cc(-c3ccccc3)nc(-c3cccc(C4(c5cccc(-c6ccc(-c7ccncc7)cc6)c5)c5ccccc5-c5ccccc54)c3)n2)cc1. The Morgan fingerprint density at radius 1 is 0.309 bits per heavy atom. The van der Waals surface area contributed by atoms with Crippen LogP contribution in [0.5, 0.6) is 0 Å². The van der Waals surface area contributed by atoms with Crippen molar-refractivity contribution < 1.29 is 0 Å². The first-order valence-corrected chi connectivity index (χ1v) is 18.7. The Hall–Kier alpha value is -7.23. The molecule has 0 aliphatic heterocycles. The van der Waals surface area contributed by atoms with Gasteiger partial charge in [0.1, 0.15) is 0 Å². The maximum Gasteiger partial charge on any atom is 0.160 e. The molecule has 9 aromatic rings. The Balaban J connectivity index is 1.17.